The first-order valence-corrected chi connectivity index (χ1v) is 34.4. The summed E-state index contributed by atoms with van der Waals surface area (Å²) in [4.78, 5) is 53.0. The van der Waals surface area contributed by atoms with E-state index in [4.69, 9.17) is 18.9 Å². The van der Waals surface area contributed by atoms with Crippen molar-refractivity contribution in [3.05, 3.63) is 0 Å². The van der Waals surface area contributed by atoms with Gasteiger partial charge in [0.2, 0.25) is 0 Å². The third-order valence-electron chi connectivity index (χ3n) is 15.2. The van der Waals surface area contributed by atoms with Gasteiger partial charge in [0.25, 0.3) is 0 Å². The minimum atomic E-state index is -1.38. The molecule has 0 saturated carbocycles. The third kappa shape index (κ3) is 61.3. The Hall–Kier alpha value is -5.64. The zero-order valence-electron chi connectivity index (χ0n) is 54.5. The van der Waals surface area contributed by atoms with Gasteiger partial charge in [-0.2, -0.15) is 0 Å². The molecule has 85 heavy (non-hydrogen) atoms. The minimum absolute atomic E-state index is 0.220. The topological polar surface area (TPSA) is 105 Å². The van der Waals surface area contributed by atoms with Gasteiger partial charge in [-0.1, -0.05) is 296 Å². The Morgan fingerprint density at radius 1 is 0.247 bits per heavy atom. The lowest BCUT2D eigenvalue weighted by molar-refractivity contribution is -0.169. The van der Waals surface area contributed by atoms with Crippen LogP contribution in [0.1, 0.15) is 336 Å². The van der Waals surface area contributed by atoms with Crippen LogP contribution in [0.4, 0.5) is 0 Å². The van der Waals surface area contributed by atoms with Crippen LogP contribution >= 0.6 is 0 Å². The molecule has 0 aliphatic heterocycles. The SMILES string of the molecule is CC#CC#CC#CC#CC#CC#CC#CC#CC(=O)OCC(COC(=O)CCCCCCCCCCCCCCCCC)(COC(=O)CCCCCCCCCCCCCCCCC)COC(=O)CCCCCCCCCCCCCCCCC. The van der Waals surface area contributed by atoms with Crippen molar-refractivity contribution < 1.29 is 38.1 Å². The maximum absolute atomic E-state index is 13.3. The largest absolute Gasteiger partial charge is 0.465 e. The Kier molecular flexibility index (Phi) is 61.5. The van der Waals surface area contributed by atoms with E-state index in [1.807, 2.05) is 0 Å². The molecule has 0 heterocycles. The summed E-state index contributed by atoms with van der Waals surface area (Å²) >= 11 is 0. The summed E-state index contributed by atoms with van der Waals surface area (Å²) in [6.45, 7) is 7.20. The molecule has 0 amide bonds. The number of rotatable bonds is 56. The van der Waals surface area contributed by atoms with E-state index in [2.05, 4.69) is 115 Å². The quantitative estimate of drug-likeness (QED) is 0.0195. The smallest absolute Gasteiger partial charge is 0.385 e. The van der Waals surface area contributed by atoms with E-state index in [9.17, 15) is 19.2 Å². The Balaban J connectivity index is 5.73. The summed E-state index contributed by atoms with van der Waals surface area (Å²) in [7, 11) is 0. The zero-order chi connectivity index (χ0) is 61.7. The van der Waals surface area contributed by atoms with Crippen molar-refractivity contribution in [2.45, 2.75) is 336 Å². The van der Waals surface area contributed by atoms with Gasteiger partial charge in [-0.25, -0.2) is 4.79 Å². The van der Waals surface area contributed by atoms with Crippen LogP contribution in [0.5, 0.6) is 0 Å². The van der Waals surface area contributed by atoms with Gasteiger partial charge in [0.1, 0.15) is 31.8 Å². The molecule has 0 aliphatic carbocycles. The molecule has 0 aromatic rings. The standard InChI is InChI=1S/C77H116O8/c1-5-9-13-17-21-25-29-33-37-41-45-49-53-57-61-65-73(78)82-69-77(70-83-74(79)66-62-58-54-50-46-42-38-34-30-26-22-18-14-10-6-2,71-84-75(80)67-63-59-55-51-47-43-39-35-31-27-23-19-15-11-7-3)72-85-76(81)68-64-60-56-52-48-44-40-36-32-28-24-20-16-12-8-4/h5-7,9-11,13-15,17-19,21-23,25-27,29-31,33-35,37-39,41-43,45-47,49-51,53-55,57-59,61-63,65-67,69-72H2,1-4H3. The number of carbonyl (C=O) groups excluding carboxylic acids is 4. The predicted octanol–water partition coefficient (Wildman–Crippen LogP) is 19.0. The number of carbonyl (C=O) groups is 4. The van der Waals surface area contributed by atoms with Crippen LogP contribution in [0, 0.1) is 100 Å². The Morgan fingerprint density at radius 3 is 0.659 bits per heavy atom. The maximum atomic E-state index is 13.3. The third-order valence-corrected chi connectivity index (χ3v) is 15.2. The second kappa shape index (κ2) is 65.9. The van der Waals surface area contributed by atoms with Crippen LogP contribution in [0.25, 0.3) is 0 Å². The minimum Gasteiger partial charge on any atom is -0.465 e. The van der Waals surface area contributed by atoms with Gasteiger partial charge in [0.05, 0.1) is 0 Å². The Labute approximate surface area is 522 Å². The van der Waals surface area contributed by atoms with Crippen LogP contribution in [-0.4, -0.2) is 50.3 Å². The van der Waals surface area contributed by atoms with Gasteiger partial charge < -0.3 is 18.9 Å². The van der Waals surface area contributed by atoms with Gasteiger partial charge >= 0.3 is 23.9 Å². The molecule has 8 heteroatoms. The van der Waals surface area contributed by atoms with Gasteiger partial charge in [0.15, 0.2) is 0 Å². The van der Waals surface area contributed by atoms with Crippen LogP contribution in [-0.2, 0) is 38.1 Å². The highest BCUT2D eigenvalue weighted by atomic mass is 16.6. The molecule has 472 valence electrons. The van der Waals surface area contributed by atoms with E-state index >= 15 is 0 Å². The molecule has 0 fully saturated rings. The second-order valence-electron chi connectivity index (χ2n) is 23.3. The van der Waals surface area contributed by atoms with E-state index < -0.39 is 35.9 Å². The van der Waals surface area contributed by atoms with Crippen molar-refractivity contribution in [1.82, 2.24) is 0 Å². The first-order valence-electron chi connectivity index (χ1n) is 34.4. The molecule has 0 unspecified atom stereocenters. The summed E-state index contributed by atoms with van der Waals surface area (Å²) in [5.41, 5.74) is -1.38. The molecule has 0 aromatic carbocycles. The van der Waals surface area contributed by atoms with Crippen molar-refractivity contribution >= 4 is 23.9 Å². The highest BCUT2D eigenvalue weighted by Gasteiger charge is 2.38. The zero-order valence-corrected chi connectivity index (χ0v) is 54.5. The Morgan fingerprint density at radius 2 is 0.435 bits per heavy atom. The van der Waals surface area contributed by atoms with Crippen molar-refractivity contribution in [3.63, 3.8) is 0 Å². The van der Waals surface area contributed by atoms with Crippen LogP contribution < -0.4 is 0 Å². The molecular weight excluding hydrogens is 1050 g/mol. The van der Waals surface area contributed by atoms with Crippen LogP contribution in [0.15, 0.2) is 0 Å². The van der Waals surface area contributed by atoms with Crippen LogP contribution in [0.2, 0.25) is 0 Å². The average Bonchev–Trinajstić information content (AvgIpc) is 3.60. The highest BCUT2D eigenvalue weighted by Crippen LogP contribution is 2.24. The van der Waals surface area contributed by atoms with E-state index in [1.54, 1.807) is 6.92 Å². The molecule has 8 nitrogen and oxygen atoms in total. The number of hydrogen-bond donors (Lipinski definition) is 0. The molecule has 0 rings (SSSR count). The number of ether oxygens (including phenoxy) is 4. The summed E-state index contributed by atoms with van der Waals surface area (Å²) in [5, 5.41) is 0. The number of esters is 4. The van der Waals surface area contributed by atoms with Gasteiger partial charge in [-0.05, 0) is 109 Å². The monoisotopic (exact) mass is 1170 g/mol. The first kappa shape index (κ1) is 79.4. The first-order chi connectivity index (χ1) is 41.8. The van der Waals surface area contributed by atoms with E-state index in [0.29, 0.717) is 19.3 Å². The fourth-order valence-corrected chi connectivity index (χ4v) is 9.86. The summed E-state index contributed by atoms with van der Waals surface area (Å²) < 4.78 is 23.3. The molecule has 0 radical (unpaired) electrons. The van der Waals surface area contributed by atoms with Crippen molar-refractivity contribution in [2.75, 3.05) is 26.4 Å². The highest BCUT2D eigenvalue weighted by molar-refractivity contribution is 5.89. The summed E-state index contributed by atoms with van der Waals surface area (Å²) in [6, 6.07) is 0. The lowest BCUT2D eigenvalue weighted by Crippen LogP contribution is -2.44. The summed E-state index contributed by atoms with van der Waals surface area (Å²) in [5.74, 6) is 38.3. The molecule has 0 spiro atoms. The molecule has 0 bridgehead atoms. The van der Waals surface area contributed by atoms with Crippen LogP contribution in [0.3, 0.4) is 0 Å². The van der Waals surface area contributed by atoms with E-state index in [-0.39, 0.29) is 39.1 Å². The van der Waals surface area contributed by atoms with Gasteiger partial charge in [0, 0.05) is 25.2 Å². The maximum Gasteiger partial charge on any atom is 0.385 e. The number of hydrogen-bond acceptors (Lipinski definition) is 8. The molecule has 0 aliphatic rings. The molecule has 0 atom stereocenters. The lowest BCUT2D eigenvalue weighted by atomic mass is 9.92. The van der Waals surface area contributed by atoms with E-state index in [1.165, 1.54) is 212 Å². The molecular formula is C77H116O8. The van der Waals surface area contributed by atoms with E-state index in [0.717, 1.165) is 57.8 Å². The lowest BCUT2D eigenvalue weighted by Gasteiger charge is -2.31. The fraction of sp³-hybridized carbons (Fsp3) is 0.740. The summed E-state index contributed by atoms with van der Waals surface area (Å²) in [6.07, 6.45) is 55.6. The van der Waals surface area contributed by atoms with Gasteiger partial charge in [-0.15, -0.1) is 0 Å². The van der Waals surface area contributed by atoms with Crippen molar-refractivity contribution in [2.24, 2.45) is 5.41 Å². The molecule has 0 saturated heterocycles. The normalized spacial score (nSPS) is 10.1. The average molecular weight is 1170 g/mol. The number of unbranched alkanes of at least 4 members (excludes halogenated alkanes) is 42. The Bertz CT molecular complexity index is 2090. The fourth-order valence-electron chi connectivity index (χ4n) is 9.86. The molecule has 0 N–H and O–H groups in total. The predicted molar refractivity (Wildman–Crippen MR) is 353 cm³/mol. The van der Waals surface area contributed by atoms with Gasteiger partial charge in [-0.3, -0.25) is 14.4 Å². The van der Waals surface area contributed by atoms with Crippen molar-refractivity contribution in [3.8, 4) is 94.7 Å². The van der Waals surface area contributed by atoms with Crippen molar-refractivity contribution in [1.29, 1.82) is 0 Å². The molecule has 0 aromatic heterocycles. The second-order valence-corrected chi connectivity index (χ2v) is 23.3.